The van der Waals surface area contributed by atoms with Crippen LogP contribution in [0.1, 0.15) is 5.56 Å². The molecule has 0 aliphatic heterocycles. The molecule has 2 rings (SSSR count). The van der Waals surface area contributed by atoms with E-state index in [2.05, 4.69) is 4.98 Å². The summed E-state index contributed by atoms with van der Waals surface area (Å²) in [6.45, 7) is 0.518. The standard InChI is InChI=1S/C12H12FN3S2/c13-10-4-2-1-3-9(10)5-7-16(11(14)17)12-15-6-8-18-12/h1-4,6,8H,5,7H2,(H2,14,17). The summed E-state index contributed by atoms with van der Waals surface area (Å²) in [5, 5.41) is 2.84. The van der Waals surface area contributed by atoms with Crippen molar-refractivity contribution in [2.24, 2.45) is 5.73 Å². The van der Waals surface area contributed by atoms with E-state index in [9.17, 15) is 4.39 Å². The number of nitrogens with two attached hydrogens (primary N) is 1. The second-order valence-corrected chi connectivity index (χ2v) is 4.94. The first kappa shape index (κ1) is 12.9. The first-order valence-corrected chi connectivity index (χ1v) is 6.67. The van der Waals surface area contributed by atoms with Crippen molar-refractivity contribution in [2.75, 3.05) is 11.4 Å². The van der Waals surface area contributed by atoms with Crippen molar-refractivity contribution in [3.05, 3.63) is 47.2 Å². The van der Waals surface area contributed by atoms with E-state index >= 15 is 0 Å². The molecule has 2 aromatic rings. The summed E-state index contributed by atoms with van der Waals surface area (Å²) >= 11 is 6.44. The Balaban J connectivity index is 2.08. The van der Waals surface area contributed by atoms with Gasteiger partial charge in [0.2, 0.25) is 0 Å². The smallest absolute Gasteiger partial charge is 0.191 e. The molecule has 0 bridgehead atoms. The molecule has 1 heterocycles. The van der Waals surface area contributed by atoms with Gasteiger partial charge >= 0.3 is 0 Å². The normalized spacial score (nSPS) is 10.3. The summed E-state index contributed by atoms with van der Waals surface area (Å²) in [6, 6.07) is 6.69. The molecule has 0 atom stereocenters. The lowest BCUT2D eigenvalue weighted by Crippen LogP contribution is -2.37. The highest BCUT2D eigenvalue weighted by atomic mass is 32.1. The first-order chi connectivity index (χ1) is 8.68. The molecule has 1 aromatic carbocycles. The van der Waals surface area contributed by atoms with Crippen LogP contribution in [0, 0.1) is 5.82 Å². The number of hydrogen-bond acceptors (Lipinski definition) is 3. The van der Waals surface area contributed by atoms with Crippen LogP contribution in [0.25, 0.3) is 0 Å². The Morgan fingerprint density at radius 1 is 1.44 bits per heavy atom. The lowest BCUT2D eigenvalue weighted by Gasteiger charge is -2.19. The van der Waals surface area contributed by atoms with E-state index in [0.717, 1.165) is 5.13 Å². The van der Waals surface area contributed by atoms with Gasteiger partial charge in [-0.05, 0) is 30.3 Å². The van der Waals surface area contributed by atoms with Crippen molar-refractivity contribution in [3.63, 3.8) is 0 Å². The molecule has 1 aromatic heterocycles. The highest BCUT2D eigenvalue weighted by Crippen LogP contribution is 2.18. The van der Waals surface area contributed by atoms with E-state index in [0.29, 0.717) is 18.5 Å². The molecule has 0 aliphatic carbocycles. The minimum Gasteiger partial charge on any atom is -0.376 e. The number of nitrogens with zero attached hydrogens (tertiary/aromatic N) is 2. The van der Waals surface area contributed by atoms with E-state index < -0.39 is 0 Å². The minimum atomic E-state index is -0.209. The van der Waals surface area contributed by atoms with Crippen LogP contribution in [0.2, 0.25) is 0 Å². The number of benzene rings is 1. The van der Waals surface area contributed by atoms with Crippen LogP contribution < -0.4 is 10.6 Å². The first-order valence-electron chi connectivity index (χ1n) is 5.38. The predicted octanol–water partition coefficient (Wildman–Crippen LogP) is 2.57. The topological polar surface area (TPSA) is 42.1 Å². The van der Waals surface area contributed by atoms with Gasteiger partial charge in [-0.3, -0.25) is 4.90 Å². The van der Waals surface area contributed by atoms with Gasteiger partial charge in [0.15, 0.2) is 10.2 Å². The molecule has 0 aliphatic rings. The van der Waals surface area contributed by atoms with Crippen LogP contribution in [0.5, 0.6) is 0 Å². The van der Waals surface area contributed by atoms with Crippen LogP contribution >= 0.6 is 23.6 Å². The third kappa shape index (κ3) is 3.02. The van der Waals surface area contributed by atoms with Crippen LogP contribution in [0.15, 0.2) is 35.8 Å². The number of thiocarbonyl (C=S) groups is 1. The van der Waals surface area contributed by atoms with Gasteiger partial charge in [-0.1, -0.05) is 18.2 Å². The van der Waals surface area contributed by atoms with E-state index in [-0.39, 0.29) is 10.9 Å². The minimum absolute atomic E-state index is 0.209. The number of anilines is 1. The Hall–Kier alpha value is -1.53. The number of hydrogen-bond donors (Lipinski definition) is 1. The average Bonchev–Trinajstić information content (AvgIpc) is 2.85. The zero-order chi connectivity index (χ0) is 13.0. The second kappa shape index (κ2) is 5.88. The summed E-state index contributed by atoms with van der Waals surface area (Å²) in [6.07, 6.45) is 2.22. The fraction of sp³-hybridized carbons (Fsp3) is 0.167. The summed E-state index contributed by atoms with van der Waals surface area (Å²) in [4.78, 5) is 5.87. The highest BCUT2D eigenvalue weighted by Gasteiger charge is 2.12. The third-order valence-corrected chi connectivity index (χ3v) is 3.49. The van der Waals surface area contributed by atoms with E-state index in [4.69, 9.17) is 18.0 Å². The van der Waals surface area contributed by atoms with Gasteiger partial charge in [0.25, 0.3) is 0 Å². The fourth-order valence-electron chi connectivity index (χ4n) is 1.58. The van der Waals surface area contributed by atoms with Gasteiger partial charge in [-0.2, -0.15) is 0 Å². The maximum Gasteiger partial charge on any atom is 0.191 e. The quantitative estimate of drug-likeness (QED) is 0.875. The van der Waals surface area contributed by atoms with E-state index in [1.54, 1.807) is 23.2 Å². The molecule has 18 heavy (non-hydrogen) atoms. The fourth-order valence-corrected chi connectivity index (χ4v) is 2.50. The van der Waals surface area contributed by atoms with Gasteiger partial charge < -0.3 is 5.73 Å². The molecule has 0 unspecified atom stereocenters. The van der Waals surface area contributed by atoms with E-state index in [1.807, 2.05) is 11.4 Å². The van der Waals surface area contributed by atoms with Gasteiger partial charge in [-0.15, -0.1) is 11.3 Å². The Bertz CT molecular complexity index is 528. The zero-order valence-electron chi connectivity index (χ0n) is 9.54. The van der Waals surface area contributed by atoms with Crippen molar-refractivity contribution in [3.8, 4) is 0 Å². The zero-order valence-corrected chi connectivity index (χ0v) is 11.2. The maximum atomic E-state index is 13.5. The third-order valence-electron chi connectivity index (χ3n) is 2.48. The van der Waals surface area contributed by atoms with E-state index in [1.165, 1.54) is 17.4 Å². The molecule has 2 N–H and O–H groups in total. The van der Waals surface area contributed by atoms with Crippen LogP contribution in [-0.2, 0) is 6.42 Å². The van der Waals surface area contributed by atoms with Crippen molar-refractivity contribution < 1.29 is 4.39 Å². The summed E-state index contributed by atoms with van der Waals surface area (Å²) in [5.41, 5.74) is 6.31. The lowest BCUT2D eigenvalue weighted by molar-refractivity contribution is 0.609. The predicted molar refractivity (Wildman–Crippen MR) is 76.3 cm³/mol. The Morgan fingerprint density at radius 3 is 2.83 bits per heavy atom. The molecule has 0 saturated heterocycles. The monoisotopic (exact) mass is 281 g/mol. The number of thiazole rings is 1. The van der Waals surface area contributed by atoms with Crippen molar-refractivity contribution in [1.29, 1.82) is 0 Å². The average molecular weight is 281 g/mol. The van der Waals surface area contributed by atoms with Gasteiger partial charge in [-0.25, -0.2) is 9.37 Å². The summed E-state index contributed by atoms with van der Waals surface area (Å²) < 4.78 is 13.5. The van der Waals surface area contributed by atoms with Gasteiger partial charge in [0.1, 0.15) is 5.82 Å². The molecule has 0 fully saturated rings. The molecule has 0 spiro atoms. The van der Waals surface area contributed by atoms with Crippen LogP contribution in [0.4, 0.5) is 9.52 Å². The Labute approximate surface area is 114 Å². The van der Waals surface area contributed by atoms with Crippen LogP contribution in [0.3, 0.4) is 0 Å². The van der Waals surface area contributed by atoms with Crippen molar-refractivity contribution in [1.82, 2.24) is 4.98 Å². The molecular formula is C12H12FN3S2. The molecule has 6 heteroatoms. The molecule has 94 valence electrons. The van der Waals surface area contributed by atoms with Gasteiger partial charge in [0, 0.05) is 18.1 Å². The lowest BCUT2D eigenvalue weighted by atomic mass is 10.1. The number of halogens is 1. The van der Waals surface area contributed by atoms with Crippen molar-refractivity contribution in [2.45, 2.75) is 6.42 Å². The molecule has 0 amide bonds. The van der Waals surface area contributed by atoms with Gasteiger partial charge in [0.05, 0.1) is 0 Å². The summed E-state index contributed by atoms with van der Waals surface area (Å²) in [7, 11) is 0. The Morgan fingerprint density at radius 2 is 2.22 bits per heavy atom. The maximum absolute atomic E-state index is 13.5. The van der Waals surface area contributed by atoms with Crippen LogP contribution in [-0.4, -0.2) is 16.6 Å². The molecule has 0 radical (unpaired) electrons. The number of rotatable bonds is 4. The number of aromatic nitrogens is 1. The highest BCUT2D eigenvalue weighted by molar-refractivity contribution is 7.80. The largest absolute Gasteiger partial charge is 0.376 e. The SMILES string of the molecule is NC(=S)N(CCc1ccccc1F)c1nccs1. The van der Waals surface area contributed by atoms with Crippen molar-refractivity contribution >= 4 is 33.8 Å². The Kier molecular flexibility index (Phi) is 4.22. The molecular weight excluding hydrogens is 269 g/mol. The summed E-state index contributed by atoms with van der Waals surface area (Å²) in [5.74, 6) is -0.209. The molecule has 3 nitrogen and oxygen atoms in total. The second-order valence-electron chi connectivity index (χ2n) is 3.65. The molecule has 0 saturated carbocycles.